The third kappa shape index (κ3) is 5.66. The first-order valence-electron chi connectivity index (χ1n) is 5.94. The minimum Gasteiger partial charge on any atom is -0.469 e. The number of ether oxygens (including phenoxy) is 1. The molecule has 8 heteroatoms. The molecule has 0 aromatic carbocycles. The van der Waals surface area contributed by atoms with Gasteiger partial charge in [0.1, 0.15) is 0 Å². The Kier molecular flexibility index (Phi) is 6.40. The fourth-order valence-corrected chi connectivity index (χ4v) is 3.64. The molecular formula is C11H18N2O4S2. The van der Waals surface area contributed by atoms with Crippen LogP contribution in [-0.4, -0.2) is 33.0 Å². The van der Waals surface area contributed by atoms with Gasteiger partial charge >= 0.3 is 5.97 Å². The molecule has 1 heterocycles. The molecule has 0 saturated carbocycles. The van der Waals surface area contributed by atoms with Crippen LogP contribution in [0, 0.1) is 6.92 Å². The number of nitrogens with zero attached hydrogens (tertiary/aromatic N) is 1. The maximum atomic E-state index is 11.8. The molecule has 0 aliphatic heterocycles. The Morgan fingerprint density at radius 1 is 1.42 bits per heavy atom. The van der Waals surface area contributed by atoms with Crippen LogP contribution in [0.15, 0.2) is 10.4 Å². The van der Waals surface area contributed by atoms with E-state index in [0.29, 0.717) is 25.8 Å². The van der Waals surface area contributed by atoms with Gasteiger partial charge in [0.05, 0.1) is 18.3 Å². The van der Waals surface area contributed by atoms with E-state index in [4.69, 9.17) is 0 Å². The van der Waals surface area contributed by atoms with E-state index in [-0.39, 0.29) is 10.2 Å². The van der Waals surface area contributed by atoms with E-state index in [1.165, 1.54) is 13.3 Å². The van der Waals surface area contributed by atoms with Crippen LogP contribution in [0.2, 0.25) is 0 Å². The molecule has 0 saturated heterocycles. The van der Waals surface area contributed by atoms with Crippen molar-refractivity contribution < 1.29 is 17.9 Å². The number of methoxy groups -OCH3 is 1. The van der Waals surface area contributed by atoms with E-state index in [2.05, 4.69) is 14.4 Å². The lowest BCUT2D eigenvalue weighted by Gasteiger charge is -2.04. The summed E-state index contributed by atoms with van der Waals surface area (Å²) in [6.45, 7) is 2.12. The first-order chi connectivity index (χ1) is 8.95. The zero-order chi connectivity index (χ0) is 14.3. The Morgan fingerprint density at radius 2 is 2.16 bits per heavy atom. The van der Waals surface area contributed by atoms with Gasteiger partial charge in [-0.15, -0.1) is 11.3 Å². The molecule has 0 fully saturated rings. The summed E-state index contributed by atoms with van der Waals surface area (Å²) >= 11 is 1.15. The van der Waals surface area contributed by atoms with Crippen LogP contribution in [0.25, 0.3) is 0 Å². The third-order valence-corrected chi connectivity index (χ3v) is 5.28. The van der Waals surface area contributed by atoms with Gasteiger partial charge in [-0.2, -0.15) is 0 Å². The number of hydrogen-bond donors (Lipinski definition) is 1. The summed E-state index contributed by atoms with van der Waals surface area (Å²) < 4.78 is 30.9. The lowest BCUT2D eigenvalue weighted by atomic mass is 10.2. The van der Waals surface area contributed by atoms with Gasteiger partial charge in [0.2, 0.25) is 0 Å². The van der Waals surface area contributed by atoms with Crippen molar-refractivity contribution in [3.63, 3.8) is 0 Å². The molecule has 0 spiro atoms. The van der Waals surface area contributed by atoms with Crippen LogP contribution in [0.3, 0.4) is 0 Å². The predicted molar refractivity (Wildman–Crippen MR) is 72.5 cm³/mol. The molecule has 0 unspecified atom stereocenters. The van der Waals surface area contributed by atoms with E-state index in [9.17, 15) is 13.2 Å². The summed E-state index contributed by atoms with van der Waals surface area (Å²) in [7, 11) is -2.08. The molecule has 0 radical (unpaired) electrons. The van der Waals surface area contributed by atoms with E-state index < -0.39 is 10.0 Å². The number of rotatable bonds is 8. The highest BCUT2D eigenvalue weighted by atomic mass is 32.2. The monoisotopic (exact) mass is 306 g/mol. The third-order valence-electron chi connectivity index (χ3n) is 2.44. The molecule has 0 aliphatic rings. The van der Waals surface area contributed by atoms with Crippen LogP contribution >= 0.6 is 11.3 Å². The van der Waals surface area contributed by atoms with Crippen LogP contribution < -0.4 is 4.72 Å². The molecule has 1 aromatic heterocycles. The zero-order valence-corrected chi connectivity index (χ0v) is 12.6. The number of carbonyl (C=O) groups is 1. The largest absolute Gasteiger partial charge is 0.469 e. The highest BCUT2D eigenvalue weighted by Crippen LogP contribution is 2.17. The Hall–Kier alpha value is -0.990. The summed E-state index contributed by atoms with van der Waals surface area (Å²) in [4.78, 5) is 14.8. The molecule has 1 aromatic rings. The average Bonchev–Trinajstić information content (AvgIpc) is 2.80. The van der Waals surface area contributed by atoms with Crippen molar-refractivity contribution in [1.82, 2.24) is 9.71 Å². The Morgan fingerprint density at radius 3 is 2.74 bits per heavy atom. The lowest BCUT2D eigenvalue weighted by molar-refractivity contribution is -0.140. The maximum Gasteiger partial charge on any atom is 0.305 e. The zero-order valence-electron chi connectivity index (χ0n) is 11.0. The second kappa shape index (κ2) is 7.56. The van der Waals surface area contributed by atoms with Crippen LogP contribution in [0.5, 0.6) is 0 Å². The summed E-state index contributed by atoms with van der Waals surface area (Å²) in [5.41, 5.74) is 0. The molecular weight excluding hydrogens is 288 g/mol. The van der Waals surface area contributed by atoms with Crippen LogP contribution in [-0.2, 0) is 19.6 Å². The molecule has 6 nitrogen and oxygen atoms in total. The minimum atomic E-state index is -3.43. The van der Waals surface area contributed by atoms with Crippen LogP contribution in [0.1, 0.15) is 30.7 Å². The van der Waals surface area contributed by atoms with E-state index >= 15 is 0 Å². The van der Waals surface area contributed by atoms with Gasteiger partial charge in [-0.05, 0) is 19.8 Å². The first kappa shape index (κ1) is 16.1. The van der Waals surface area contributed by atoms with Gasteiger partial charge in [-0.3, -0.25) is 4.79 Å². The van der Waals surface area contributed by atoms with Crippen LogP contribution in [0.4, 0.5) is 0 Å². The maximum absolute atomic E-state index is 11.8. The van der Waals surface area contributed by atoms with E-state index in [1.54, 1.807) is 6.92 Å². The molecule has 0 aliphatic carbocycles. The summed E-state index contributed by atoms with van der Waals surface area (Å²) in [6, 6.07) is 0. The van der Waals surface area contributed by atoms with Gasteiger partial charge in [0.15, 0.2) is 4.21 Å². The van der Waals surface area contributed by atoms with Crippen molar-refractivity contribution >= 4 is 27.3 Å². The fourth-order valence-electron chi connectivity index (χ4n) is 1.42. The molecule has 19 heavy (non-hydrogen) atoms. The van der Waals surface area contributed by atoms with Crippen molar-refractivity contribution in [2.24, 2.45) is 0 Å². The molecule has 0 bridgehead atoms. The number of aromatic nitrogens is 1. The van der Waals surface area contributed by atoms with Crippen molar-refractivity contribution in [1.29, 1.82) is 0 Å². The molecule has 0 amide bonds. The standard InChI is InChI=1S/C11H18N2O4S2/c1-9-12-8-11(18-9)19(15,16)13-7-5-3-4-6-10(14)17-2/h8,13H,3-7H2,1-2H3. The Balaban J connectivity index is 2.24. The fraction of sp³-hybridized carbons (Fsp3) is 0.636. The molecule has 0 atom stereocenters. The second-order valence-electron chi connectivity index (χ2n) is 3.98. The number of sulfonamides is 1. The van der Waals surface area contributed by atoms with Crippen molar-refractivity contribution in [3.8, 4) is 0 Å². The van der Waals surface area contributed by atoms with Gasteiger partial charge in [-0.25, -0.2) is 18.1 Å². The topological polar surface area (TPSA) is 85.4 Å². The highest BCUT2D eigenvalue weighted by Gasteiger charge is 2.15. The Labute approximate surface area is 117 Å². The van der Waals surface area contributed by atoms with E-state index in [0.717, 1.165) is 22.8 Å². The summed E-state index contributed by atoms with van der Waals surface area (Å²) in [6.07, 6.45) is 3.90. The van der Waals surface area contributed by atoms with Gasteiger partial charge in [-0.1, -0.05) is 6.42 Å². The predicted octanol–water partition coefficient (Wildman–Crippen LogP) is 1.46. The smallest absolute Gasteiger partial charge is 0.305 e. The summed E-state index contributed by atoms with van der Waals surface area (Å²) in [5.74, 6) is -0.235. The second-order valence-corrected chi connectivity index (χ2v) is 7.21. The van der Waals surface area contributed by atoms with Gasteiger partial charge in [0, 0.05) is 13.0 Å². The number of thiazole rings is 1. The number of esters is 1. The number of nitrogens with one attached hydrogen (secondary N) is 1. The lowest BCUT2D eigenvalue weighted by Crippen LogP contribution is -2.24. The number of hydrogen-bond acceptors (Lipinski definition) is 6. The van der Waals surface area contributed by atoms with Crippen molar-refractivity contribution in [2.45, 2.75) is 36.8 Å². The number of unbranched alkanes of at least 4 members (excludes halogenated alkanes) is 2. The van der Waals surface area contributed by atoms with Gasteiger partial charge in [0.25, 0.3) is 10.0 Å². The molecule has 1 N–H and O–H groups in total. The van der Waals surface area contributed by atoms with E-state index in [1.807, 2.05) is 0 Å². The number of carbonyl (C=O) groups excluding carboxylic acids is 1. The van der Waals surface area contributed by atoms with Gasteiger partial charge < -0.3 is 4.74 Å². The minimum absolute atomic E-state index is 0.235. The SMILES string of the molecule is COC(=O)CCCCCNS(=O)(=O)c1cnc(C)s1. The highest BCUT2D eigenvalue weighted by molar-refractivity contribution is 7.91. The van der Waals surface area contributed by atoms with Crippen molar-refractivity contribution in [3.05, 3.63) is 11.2 Å². The summed E-state index contributed by atoms with van der Waals surface area (Å²) in [5, 5.41) is 0.721. The number of aryl methyl sites for hydroxylation is 1. The normalized spacial score (nSPS) is 11.5. The Bertz CT molecular complexity index is 511. The first-order valence-corrected chi connectivity index (χ1v) is 8.24. The molecule has 1 rings (SSSR count). The quantitative estimate of drug-likeness (QED) is 0.580. The molecule has 108 valence electrons. The van der Waals surface area contributed by atoms with Crippen molar-refractivity contribution in [2.75, 3.05) is 13.7 Å². The average molecular weight is 306 g/mol.